The quantitative estimate of drug-likeness (QED) is 0.699. The molecule has 3 aromatic carbocycles. The number of halogens is 2. The molecular weight excluding hydrogens is 352 g/mol. The van der Waals surface area contributed by atoms with Crippen LogP contribution in [0.25, 0.3) is 10.8 Å². The first-order chi connectivity index (χ1) is 13.0. The fraction of sp³-hybridized carbons (Fsp3) is 0.143. The Kier molecular flexibility index (Phi) is 5.45. The standard InChI is InChI=1S/C21H17F2NO3/c1-27-21(26)19(24-20(25)16-10-17(22)12-18(23)11-16)9-13-6-7-14-4-2-3-5-15(14)8-13/h2-8,10-12,19H,9H2,1H3,(H,24,25)/t19-/m1/s1. The van der Waals surface area contributed by atoms with E-state index in [1.54, 1.807) is 0 Å². The summed E-state index contributed by atoms with van der Waals surface area (Å²) in [4.78, 5) is 24.4. The van der Waals surface area contributed by atoms with E-state index in [1.807, 2.05) is 42.5 Å². The number of amides is 1. The van der Waals surface area contributed by atoms with E-state index in [4.69, 9.17) is 4.74 Å². The van der Waals surface area contributed by atoms with E-state index in [-0.39, 0.29) is 12.0 Å². The lowest BCUT2D eigenvalue weighted by Gasteiger charge is -2.17. The maximum Gasteiger partial charge on any atom is 0.328 e. The minimum Gasteiger partial charge on any atom is -0.467 e. The highest BCUT2D eigenvalue weighted by Crippen LogP contribution is 2.17. The van der Waals surface area contributed by atoms with Gasteiger partial charge in [-0.3, -0.25) is 4.79 Å². The first-order valence-corrected chi connectivity index (χ1v) is 8.29. The van der Waals surface area contributed by atoms with Gasteiger partial charge in [0, 0.05) is 18.1 Å². The van der Waals surface area contributed by atoms with E-state index in [2.05, 4.69) is 5.32 Å². The Bertz CT molecular complexity index is 983. The number of fused-ring (bicyclic) bond motifs is 1. The molecule has 0 radical (unpaired) electrons. The number of hydrogen-bond acceptors (Lipinski definition) is 3. The molecule has 0 aliphatic heterocycles. The van der Waals surface area contributed by atoms with Crippen molar-refractivity contribution in [1.29, 1.82) is 0 Å². The van der Waals surface area contributed by atoms with Crippen molar-refractivity contribution in [3.63, 3.8) is 0 Å². The van der Waals surface area contributed by atoms with E-state index < -0.39 is 29.6 Å². The van der Waals surface area contributed by atoms with Crippen molar-refractivity contribution in [2.24, 2.45) is 0 Å². The molecule has 4 nitrogen and oxygen atoms in total. The van der Waals surface area contributed by atoms with Crippen molar-refractivity contribution in [2.45, 2.75) is 12.5 Å². The van der Waals surface area contributed by atoms with Crippen LogP contribution in [0.4, 0.5) is 8.78 Å². The van der Waals surface area contributed by atoms with Gasteiger partial charge in [-0.1, -0.05) is 42.5 Å². The molecule has 0 saturated carbocycles. The lowest BCUT2D eigenvalue weighted by Crippen LogP contribution is -2.43. The van der Waals surface area contributed by atoms with Crippen LogP contribution in [0.5, 0.6) is 0 Å². The van der Waals surface area contributed by atoms with Gasteiger partial charge in [0.05, 0.1) is 7.11 Å². The van der Waals surface area contributed by atoms with Crippen LogP contribution in [-0.2, 0) is 16.0 Å². The van der Waals surface area contributed by atoms with Crippen molar-refractivity contribution in [2.75, 3.05) is 7.11 Å². The van der Waals surface area contributed by atoms with Gasteiger partial charge in [-0.15, -0.1) is 0 Å². The zero-order chi connectivity index (χ0) is 19.4. The summed E-state index contributed by atoms with van der Waals surface area (Å²) in [5.41, 5.74) is 0.606. The van der Waals surface area contributed by atoms with Gasteiger partial charge >= 0.3 is 5.97 Å². The lowest BCUT2D eigenvalue weighted by atomic mass is 10.0. The number of nitrogens with one attached hydrogen (secondary N) is 1. The summed E-state index contributed by atoms with van der Waals surface area (Å²) in [6.07, 6.45) is 0.182. The summed E-state index contributed by atoms with van der Waals surface area (Å²) in [7, 11) is 1.21. The van der Waals surface area contributed by atoms with Crippen LogP contribution in [0.1, 0.15) is 15.9 Å². The Morgan fingerprint density at radius 3 is 2.30 bits per heavy atom. The SMILES string of the molecule is COC(=O)[C@@H](Cc1ccc2ccccc2c1)NC(=O)c1cc(F)cc(F)c1. The normalized spacial score (nSPS) is 11.8. The molecule has 0 spiro atoms. The third kappa shape index (κ3) is 4.47. The van der Waals surface area contributed by atoms with Gasteiger partial charge in [0.2, 0.25) is 0 Å². The predicted molar refractivity (Wildman–Crippen MR) is 97.3 cm³/mol. The molecule has 0 heterocycles. The van der Waals surface area contributed by atoms with Crippen LogP contribution < -0.4 is 5.32 Å². The zero-order valence-corrected chi connectivity index (χ0v) is 14.5. The number of rotatable bonds is 5. The molecule has 3 rings (SSSR count). The average molecular weight is 369 g/mol. The zero-order valence-electron chi connectivity index (χ0n) is 14.5. The summed E-state index contributed by atoms with van der Waals surface area (Å²) in [6.45, 7) is 0. The molecule has 0 unspecified atom stereocenters. The number of carbonyl (C=O) groups is 2. The maximum atomic E-state index is 13.3. The van der Waals surface area contributed by atoms with E-state index in [1.165, 1.54) is 7.11 Å². The molecule has 1 amide bonds. The number of hydrogen-bond donors (Lipinski definition) is 1. The average Bonchev–Trinajstić information content (AvgIpc) is 2.66. The lowest BCUT2D eigenvalue weighted by molar-refractivity contribution is -0.142. The molecule has 1 N–H and O–H groups in total. The highest BCUT2D eigenvalue weighted by molar-refractivity contribution is 5.97. The van der Waals surface area contributed by atoms with Crippen LogP contribution in [0.2, 0.25) is 0 Å². The van der Waals surface area contributed by atoms with Gasteiger partial charge < -0.3 is 10.1 Å². The van der Waals surface area contributed by atoms with E-state index in [0.717, 1.165) is 28.5 Å². The van der Waals surface area contributed by atoms with Gasteiger partial charge in [-0.2, -0.15) is 0 Å². The van der Waals surface area contributed by atoms with Crippen LogP contribution in [0.3, 0.4) is 0 Å². The number of methoxy groups -OCH3 is 1. The second-order valence-electron chi connectivity index (χ2n) is 6.09. The first-order valence-electron chi connectivity index (χ1n) is 8.29. The fourth-order valence-electron chi connectivity index (χ4n) is 2.86. The number of esters is 1. The number of benzene rings is 3. The topological polar surface area (TPSA) is 55.4 Å². The fourth-order valence-corrected chi connectivity index (χ4v) is 2.86. The van der Waals surface area contributed by atoms with Crippen molar-refractivity contribution in [3.8, 4) is 0 Å². The van der Waals surface area contributed by atoms with Gasteiger partial charge in [-0.05, 0) is 28.5 Å². The Morgan fingerprint density at radius 2 is 1.63 bits per heavy atom. The number of ether oxygens (including phenoxy) is 1. The number of carbonyl (C=O) groups excluding carboxylic acids is 2. The summed E-state index contributed by atoms with van der Waals surface area (Å²) >= 11 is 0. The molecule has 1 atom stereocenters. The second kappa shape index (κ2) is 7.95. The highest BCUT2D eigenvalue weighted by atomic mass is 19.1. The molecule has 0 fully saturated rings. The van der Waals surface area contributed by atoms with Crippen LogP contribution >= 0.6 is 0 Å². The van der Waals surface area contributed by atoms with Gasteiger partial charge in [0.1, 0.15) is 17.7 Å². The largest absolute Gasteiger partial charge is 0.467 e. The Hall–Kier alpha value is -3.28. The van der Waals surface area contributed by atoms with Crippen molar-refractivity contribution in [3.05, 3.63) is 83.4 Å². The van der Waals surface area contributed by atoms with Crippen molar-refractivity contribution in [1.82, 2.24) is 5.32 Å². The van der Waals surface area contributed by atoms with Gasteiger partial charge in [0.25, 0.3) is 5.91 Å². The third-order valence-corrected chi connectivity index (χ3v) is 4.17. The summed E-state index contributed by atoms with van der Waals surface area (Å²) in [5, 5.41) is 4.54. The maximum absolute atomic E-state index is 13.3. The minimum absolute atomic E-state index is 0.182. The Morgan fingerprint density at radius 1 is 0.963 bits per heavy atom. The van der Waals surface area contributed by atoms with Crippen LogP contribution in [-0.4, -0.2) is 25.0 Å². The van der Waals surface area contributed by atoms with E-state index >= 15 is 0 Å². The molecule has 3 aromatic rings. The van der Waals surface area contributed by atoms with Crippen LogP contribution in [0.15, 0.2) is 60.7 Å². The summed E-state index contributed by atoms with van der Waals surface area (Å²) in [5.74, 6) is -3.15. The summed E-state index contributed by atoms with van der Waals surface area (Å²) in [6, 6.07) is 14.9. The van der Waals surface area contributed by atoms with Gasteiger partial charge in [-0.25, -0.2) is 13.6 Å². The van der Waals surface area contributed by atoms with Crippen molar-refractivity contribution >= 4 is 22.6 Å². The first kappa shape index (κ1) is 18.5. The predicted octanol–water partition coefficient (Wildman–Crippen LogP) is 3.63. The molecule has 138 valence electrons. The van der Waals surface area contributed by atoms with E-state index in [9.17, 15) is 18.4 Å². The molecular formula is C21H17F2NO3. The summed E-state index contributed by atoms with van der Waals surface area (Å²) < 4.78 is 31.4. The molecule has 27 heavy (non-hydrogen) atoms. The molecule has 0 bridgehead atoms. The smallest absolute Gasteiger partial charge is 0.328 e. The molecule has 0 aliphatic rings. The van der Waals surface area contributed by atoms with Crippen LogP contribution in [0, 0.1) is 11.6 Å². The Labute approximate surface area is 154 Å². The monoisotopic (exact) mass is 369 g/mol. The highest BCUT2D eigenvalue weighted by Gasteiger charge is 2.23. The minimum atomic E-state index is -0.991. The van der Waals surface area contributed by atoms with Gasteiger partial charge in [0.15, 0.2) is 0 Å². The molecule has 0 aliphatic carbocycles. The second-order valence-corrected chi connectivity index (χ2v) is 6.09. The van der Waals surface area contributed by atoms with E-state index in [0.29, 0.717) is 6.07 Å². The molecule has 0 aromatic heterocycles. The molecule has 0 saturated heterocycles. The van der Waals surface area contributed by atoms with Crippen molar-refractivity contribution < 1.29 is 23.1 Å². The third-order valence-electron chi connectivity index (χ3n) is 4.17. The molecule has 6 heteroatoms. The Balaban J connectivity index is 1.82.